The predicted octanol–water partition coefficient (Wildman–Crippen LogP) is 7.28. The molecule has 3 amide bonds. The van der Waals surface area contributed by atoms with Crippen molar-refractivity contribution in [1.82, 2.24) is 24.3 Å². The van der Waals surface area contributed by atoms with Crippen LogP contribution in [0.15, 0.2) is 66.8 Å². The number of anilines is 1. The number of nitrogens with zero attached hydrogens (tertiary/aromatic N) is 6. The van der Waals surface area contributed by atoms with Crippen molar-refractivity contribution in [3.63, 3.8) is 0 Å². The van der Waals surface area contributed by atoms with Crippen LogP contribution >= 0.6 is 11.6 Å². The Morgan fingerprint density at radius 2 is 1.84 bits per heavy atom. The lowest BCUT2D eigenvalue weighted by atomic mass is 9.87. The van der Waals surface area contributed by atoms with Crippen molar-refractivity contribution in [1.29, 1.82) is 5.26 Å². The summed E-state index contributed by atoms with van der Waals surface area (Å²) in [5.74, 6) is -0.361. The molecule has 1 aliphatic rings. The van der Waals surface area contributed by atoms with Gasteiger partial charge in [0.25, 0.3) is 11.8 Å². The molecule has 1 unspecified atom stereocenters. The maximum atomic E-state index is 13.8. The normalized spacial score (nSPS) is 15.8. The quantitative estimate of drug-likeness (QED) is 0.119. The predicted molar refractivity (Wildman–Crippen MR) is 201 cm³/mol. The van der Waals surface area contributed by atoms with Gasteiger partial charge in [-0.3, -0.25) is 14.9 Å². The molecule has 0 spiro atoms. The number of likely N-dealkylation sites (N-methyl/N-ethyl adjacent to an activating group) is 1. The fourth-order valence-electron chi connectivity index (χ4n) is 5.85. The second-order valence-corrected chi connectivity index (χ2v) is 15.3. The van der Waals surface area contributed by atoms with E-state index in [-0.39, 0.29) is 48.0 Å². The zero-order valence-electron chi connectivity index (χ0n) is 31.0. The lowest BCUT2D eigenvalue weighted by molar-refractivity contribution is -0.127. The Balaban J connectivity index is 1.73. The molecule has 2 heterocycles. The highest BCUT2D eigenvalue weighted by Crippen LogP contribution is 2.30. The van der Waals surface area contributed by atoms with Crippen LogP contribution in [-0.2, 0) is 22.6 Å². The number of benzene rings is 2. The Kier molecular flexibility index (Phi) is 12.4. The number of likely N-dealkylation sites (tertiary alicyclic amines) is 1. The number of carbonyl (C=O) groups excluding carboxylic acids is 3. The molecule has 1 saturated heterocycles. The first kappa shape index (κ1) is 39.1. The number of nitriles is 1. The molecule has 2 atom stereocenters. The van der Waals surface area contributed by atoms with Crippen LogP contribution in [0.5, 0.6) is 0 Å². The highest BCUT2D eigenvalue weighted by atomic mass is 35.5. The van der Waals surface area contributed by atoms with Gasteiger partial charge < -0.3 is 24.0 Å². The summed E-state index contributed by atoms with van der Waals surface area (Å²) in [6.07, 6.45) is 4.31. The molecule has 0 radical (unpaired) electrons. The average Bonchev–Trinajstić information content (AvgIpc) is 3.68. The summed E-state index contributed by atoms with van der Waals surface area (Å²) in [6.45, 7) is 17.0. The second kappa shape index (κ2) is 16.1. The van der Waals surface area contributed by atoms with Crippen LogP contribution in [0.25, 0.3) is 11.0 Å². The van der Waals surface area contributed by atoms with Gasteiger partial charge in [-0.1, -0.05) is 51.1 Å². The average molecular weight is 716 g/mol. The molecule has 2 aromatic carbocycles. The number of carbonyl (C=O) groups is 3. The molecule has 1 fully saturated rings. The monoisotopic (exact) mass is 715 g/mol. The van der Waals surface area contributed by atoms with Crippen LogP contribution in [0.1, 0.15) is 70.3 Å². The lowest BCUT2D eigenvalue weighted by Gasteiger charge is -2.37. The van der Waals surface area contributed by atoms with Crippen molar-refractivity contribution in [3.05, 3.63) is 82.9 Å². The maximum absolute atomic E-state index is 13.8. The molecular formula is C39H50ClN7O4. The van der Waals surface area contributed by atoms with Gasteiger partial charge in [0.15, 0.2) is 0 Å². The van der Waals surface area contributed by atoms with Gasteiger partial charge in [-0.05, 0) is 101 Å². The number of imidazole rings is 1. The van der Waals surface area contributed by atoms with E-state index in [9.17, 15) is 19.6 Å². The number of hydrogen-bond acceptors (Lipinski definition) is 7. The minimum Gasteiger partial charge on any atom is -0.445 e. The highest BCUT2D eigenvalue weighted by Gasteiger charge is 2.34. The molecule has 3 aromatic rings. The van der Waals surface area contributed by atoms with E-state index < -0.39 is 11.6 Å². The number of hydrogen-bond donors (Lipinski definition) is 1. The van der Waals surface area contributed by atoms with Crippen molar-refractivity contribution in [2.45, 2.75) is 85.1 Å². The first-order valence-corrected chi connectivity index (χ1v) is 17.6. The molecule has 4 rings (SSSR count). The molecule has 1 aliphatic heterocycles. The third-order valence-electron chi connectivity index (χ3n) is 9.81. The van der Waals surface area contributed by atoms with Gasteiger partial charge in [-0.15, -0.1) is 0 Å². The number of amides is 3. The molecule has 0 saturated carbocycles. The summed E-state index contributed by atoms with van der Waals surface area (Å²) in [7, 11) is 3.81. The van der Waals surface area contributed by atoms with E-state index in [1.54, 1.807) is 40.1 Å². The van der Waals surface area contributed by atoms with Gasteiger partial charge in [0, 0.05) is 41.8 Å². The summed E-state index contributed by atoms with van der Waals surface area (Å²) < 4.78 is 7.36. The number of ether oxygens (including phenoxy) is 1. The zero-order valence-corrected chi connectivity index (χ0v) is 31.8. The van der Waals surface area contributed by atoms with E-state index in [1.165, 1.54) is 6.08 Å². The van der Waals surface area contributed by atoms with Crippen LogP contribution < -0.4 is 5.32 Å². The van der Waals surface area contributed by atoms with Crippen LogP contribution in [0.3, 0.4) is 0 Å². The van der Waals surface area contributed by atoms with E-state index in [4.69, 9.17) is 21.3 Å². The highest BCUT2D eigenvalue weighted by molar-refractivity contribution is 6.30. The molecule has 1 N–H and O–H groups in total. The van der Waals surface area contributed by atoms with Gasteiger partial charge in [0.05, 0.1) is 17.1 Å². The second-order valence-electron chi connectivity index (χ2n) is 14.9. The molecule has 1 aromatic heterocycles. The van der Waals surface area contributed by atoms with Gasteiger partial charge in [0.2, 0.25) is 5.95 Å². The van der Waals surface area contributed by atoms with Crippen molar-refractivity contribution in [3.8, 4) is 6.07 Å². The van der Waals surface area contributed by atoms with Gasteiger partial charge in [0.1, 0.15) is 18.2 Å². The van der Waals surface area contributed by atoms with Crippen molar-refractivity contribution in [2.75, 3.05) is 32.6 Å². The van der Waals surface area contributed by atoms with E-state index in [0.29, 0.717) is 35.1 Å². The molecular weight excluding hydrogens is 666 g/mol. The van der Waals surface area contributed by atoms with E-state index >= 15 is 0 Å². The molecule has 272 valence electrons. The minimum absolute atomic E-state index is 0.0950. The number of halogens is 1. The molecule has 0 aliphatic carbocycles. The summed E-state index contributed by atoms with van der Waals surface area (Å²) in [6, 6.07) is 14.1. The summed E-state index contributed by atoms with van der Waals surface area (Å²) in [5.41, 5.74) is 1.98. The largest absolute Gasteiger partial charge is 0.445 e. The lowest BCUT2D eigenvalue weighted by Crippen LogP contribution is -2.45. The smallest absolute Gasteiger partial charge is 0.410 e. The Morgan fingerprint density at radius 3 is 2.45 bits per heavy atom. The van der Waals surface area contributed by atoms with Crippen molar-refractivity contribution >= 4 is 46.5 Å². The van der Waals surface area contributed by atoms with E-state index in [2.05, 4.69) is 38.7 Å². The van der Waals surface area contributed by atoms with Crippen molar-refractivity contribution in [2.24, 2.45) is 5.41 Å². The van der Waals surface area contributed by atoms with E-state index in [0.717, 1.165) is 23.9 Å². The molecule has 12 heteroatoms. The number of aromatic nitrogens is 2. The standard InChI is InChI=1S/C39H50ClN7O4/c1-10-20-51-37(50)46(26(2)38(3,4)5)24-27-13-18-33-32(21-27)42-36(43-34(48)28-14-16-30(40)17-15-28)47(33)25-31-12-11-19-45(31)35(49)29(23-41)22-39(6,7)44(8)9/h10,13-18,21-22,26,31H,1,11-12,19-20,24-25H2,2-9H3,(H,42,43,48)/t26-,31?/m0/s1. The molecule has 0 bridgehead atoms. The van der Waals surface area contributed by atoms with Gasteiger partial charge >= 0.3 is 6.09 Å². The van der Waals surface area contributed by atoms with Crippen LogP contribution in [0, 0.1) is 16.7 Å². The maximum Gasteiger partial charge on any atom is 0.410 e. The van der Waals surface area contributed by atoms with Gasteiger partial charge in [-0.2, -0.15) is 5.26 Å². The fourth-order valence-corrected chi connectivity index (χ4v) is 5.97. The Labute approximate surface area is 306 Å². The van der Waals surface area contributed by atoms with Crippen LogP contribution in [0.4, 0.5) is 10.7 Å². The number of nitrogens with one attached hydrogen (secondary N) is 1. The third kappa shape index (κ3) is 9.37. The first-order valence-electron chi connectivity index (χ1n) is 17.2. The fraction of sp³-hybridized carbons (Fsp3) is 0.462. The van der Waals surface area contributed by atoms with Crippen LogP contribution in [0.2, 0.25) is 5.02 Å². The summed E-state index contributed by atoms with van der Waals surface area (Å²) in [4.78, 5) is 50.7. The van der Waals surface area contributed by atoms with Crippen LogP contribution in [-0.4, -0.2) is 87.0 Å². The Morgan fingerprint density at radius 1 is 1.16 bits per heavy atom. The topological polar surface area (TPSA) is 124 Å². The first-order chi connectivity index (χ1) is 24.0. The van der Waals surface area contributed by atoms with Crippen molar-refractivity contribution < 1.29 is 19.1 Å². The third-order valence-corrected chi connectivity index (χ3v) is 10.1. The summed E-state index contributed by atoms with van der Waals surface area (Å²) >= 11 is 6.07. The Bertz CT molecular complexity index is 1830. The minimum atomic E-state index is -0.504. The summed E-state index contributed by atoms with van der Waals surface area (Å²) in [5, 5.41) is 13.5. The number of fused-ring (bicyclic) bond motifs is 1. The zero-order chi connectivity index (χ0) is 37.7. The number of rotatable bonds is 12. The molecule has 51 heavy (non-hydrogen) atoms. The van der Waals surface area contributed by atoms with E-state index in [1.807, 2.05) is 62.5 Å². The SMILES string of the molecule is C=CCOC(=O)N(Cc1ccc2c(c1)nc(NC(=O)c1ccc(Cl)cc1)n2CC1CCCN1C(=O)C(C#N)=CC(C)(C)N(C)C)[C@@H](C)C(C)(C)C. The van der Waals surface area contributed by atoms with Gasteiger partial charge in [-0.25, -0.2) is 9.78 Å². The Hall–Kier alpha value is -4.66. The molecule has 11 nitrogen and oxygen atoms in total.